The maximum Gasteiger partial charge on any atom is 0.270 e. The third kappa shape index (κ3) is 4.07. The molecule has 0 aliphatic heterocycles. The van der Waals surface area contributed by atoms with Crippen molar-refractivity contribution < 1.29 is 14.5 Å². The Morgan fingerprint density at radius 2 is 1.50 bits per heavy atom. The van der Waals surface area contributed by atoms with Crippen LogP contribution in [-0.2, 0) is 0 Å². The first kappa shape index (κ1) is 18.8. The van der Waals surface area contributed by atoms with Gasteiger partial charge in [-0.1, -0.05) is 12.1 Å². The quantitative estimate of drug-likeness (QED) is 0.522. The summed E-state index contributed by atoms with van der Waals surface area (Å²) in [6, 6.07) is 15.7. The van der Waals surface area contributed by atoms with E-state index in [0.29, 0.717) is 11.3 Å². The Hall–Kier alpha value is -3.94. The highest BCUT2D eigenvalue weighted by molar-refractivity contribution is 6.06. The van der Waals surface area contributed by atoms with Crippen LogP contribution in [0.3, 0.4) is 0 Å². The molecule has 0 bridgehead atoms. The van der Waals surface area contributed by atoms with Crippen LogP contribution in [0.5, 0.6) is 0 Å². The first-order chi connectivity index (χ1) is 13.3. The Labute approximate surface area is 160 Å². The zero-order valence-electron chi connectivity index (χ0n) is 15.3. The van der Waals surface area contributed by atoms with Crippen LogP contribution in [0.15, 0.2) is 60.7 Å². The summed E-state index contributed by atoms with van der Waals surface area (Å²) in [6.45, 7) is 3.76. The van der Waals surface area contributed by atoms with Gasteiger partial charge in [-0.05, 0) is 50.2 Å². The number of nitro groups is 1. The number of nitro benzene ring substituents is 1. The largest absolute Gasteiger partial charge is 0.322 e. The molecule has 3 aromatic rings. The highest BCUT2D eigenvalue weighted by Gasteiger charge is 2.13. The van der Waals surface area contributed by atoms with Gasteiger partial charge in [-0.15, -0.1) is 0 Å². The number of carbonyl (C=O) groups is 2. The number of carbonyl (C=O) groups excluding carboxylic acids is 2. The number of aryl methyl sites for hydroxylation is 2. The molecule has 1 aromatic heterocycles. The smallest absolute Gasteiger partial charge is 0.270 e. The van der Waals surface area contributed by atoms with Crippen molar-refractivity contribution in [2.24, 2.45) is 0 Å². The second-order valence-electron chi connectivity index (χ2n) is 6.23. The Bertz CT molecular complexity index is 1050. The van der Waals surface area contributed by atoms with Crippen molar-refractivity contribution in [3.05, 3.63) is 93.3 Å². The van der Waals surface area contributed by atoms with Crippen molar-refractivity contribution in [2.45, 2.75) is 13.8 Å². The van der Waals surface area contributed by atoms with Crippen molar-refractivity contribution in [1.29, 1.82) is 0 Å². The number of rotatable bonds is 5. The van der Waals surface area contributed by atoms with Gasteiger partial charge in [-0.3, -0.25) is 29.8 Å². The van der Waals surface area contributed by atoms with Crippen molar-refractivity contribution >= 4 is 23.2 Å². The predicted octanol–water partition coefficient (Wildman–Crippen LogP) is 3.65. The predicted molar refractivity (Wildman–Crippen MR) is 105 cm³/mol. The molecule has 2 amide bonds. The minimum Gasteiger partial charge on any atom is -0.322 e. The maximum atomic E-state index is 12.5. The van der Waals surface area contributed by atoms with Crippen LogP contribution in [-0.4, -0.2) is 21.4 Å². The van der Waals surface area contributed by atoms with Gasteiger partial charge in [0.1, 0.15) is 0 Å². The molecule has 0 aliphatic carbocycles. The number of nitrogens with zero attached hydrogens (tertiary/aromatic N) is 2. The fourth-order valence-electron chi connectivity index (χ4n) is 2.71. The molecule has 8 nitrogen and oxygen atoms in total. The third-order valence-corrected chi connectivity index (χ3v) is 4.19. The number of benzene rings is 2. The van der Waals surface area contributed by atoms with Gasteiger partial charge in [0.2, 0.25) is 0 Å². The van der Waals surface area contributed by atoms with Gasteiger partial charge in [0.05, 0.1) is 4.92 Å². The van der Waals surface area contributed by atoms with E-state index in [9.17, 15) is 19.7 Å². The summed E-state index contributed by atoms with van der Waals surface area (Å²) in [6.07, 6.45) is 0. The molecule has 2 aromatic carbocycles. The lowest BCUT2D eigenvalue weighted by atomic mass is 10.1. The second kappa shape index (κ2) is 7.75. The van der Waals surface area contributed by atoms with Crippen LogP contribution in [0.2, 0.25) is 0 Å². The number of hydrogen-bond donors (Lipinski definition) is 2. The van der Waals surface area contributed by atoms with Gasteiger partial charge in [-0.2, -0.15) is 0 Å². The van der Waals surface area contributed by atoms with Crippen LogP contribution in [0, 0.1) is 24.0 Å². The molecule has 0 spiro atoms. The lowest BCUT2D eigenvalue weighted by Gasteiger charge is -2.12. The average Bonchev–Trinajstić information content (AvgIpc) is 3.00. The summed E-state index contributed by atoms with van der Waals surface area (Å²) >= 11 is 0. The Morgan fingerprint density at radius 3 is 2.14 bits per heavy atom. The molecule has 0 radical (unpaired) electrons. The number of aromatic nitrogens is 1. The molecule has 0 unspecified atom stereocenters. The topological polar surface area (TPSA) is 106 Å². The van der Waals surface area contributed by atoms with Crippen LogP contribution in [0.25, 0.3) is 0 Å². The first-order valence-corrected chi connectivity index (χ1v) is 8.47. The second-order valence-corrected chi connectivity index (χ2v) is 6.23. The summed E-state index contributed by atoms with van der Waals surface area (Å²) < 4.78 is 1.68. The van der Waals surface area contributed by atoms with Crippen LogP contribution in [0.1, 0.15) is 32.1 Å². The minimum absolute atomic E-state index is 0.155. The lowest BCUT2D eigenvalue weighted by Crippen LogP contribution is -2.24. The summed E-state index contributed by atoms with van der Waals surface area (Å²) in [5, 5.41) is 13.5. The van der Waals surface area contributed by atoms with E-state index in [2.05, 4.69) is 10.7 Å². The first-order valence-electron chi connectivity index (χ1n) is 8.47. The van der Waals surface area contributed by atoms with Crippen LogP contribution < -0.4 is 10.7 Å². The molecule has 0 aliphatic rings. The van der Waals surface area contributed by atoms with E-state index in [1.54, 1.807) is 28.9 Å². The van der Waals surface area contributed by atoms with Gasteiger partial charge < -0.3 is 5.32 Å². The number of nitrogens with one attached hydrogen (secondary N) is 2. The zero-order chi connectivity index (χ0) is 20.3. The Balaban J connectivity index is 1.76. The average molecular weight is 378 g/mol. The van der Waals surface area contributed by atoms with Crippen LogP contribution in [0.4, 0.5) is 11.4 Å². The van der Waals surface area contributed by atoms with E-state index in [1.165, 1.54) is 24.3 Å². The molecule has 2 N–H and O–H groups in total. The SMILES string of the molecule is Cc1ccc(C)n1NC(=O)c1cccc(NC(=O)c2cccc([N+](=O)[O-])c2)c1. The normalized spacial score (nSPS) is 10.4. The molecular formula is C20H18N4O4. The van der Waals surface area contributed by atoms with Crippen LogP contribution >= 0.6 is 0 Å². The van der Waals surface area contributed by atoms with E-state index in [-0.39, 0.29) is 17.2 Å². The number of amides is 2. The molecule has 0 atom stereocenters. The third-order valence-electron chi connectivity index (χ3n) is 4.19. The van der Waals surface area contributed by atoms with Gasteiger partial charge in [0.15, 0.2) is 0 Å². The number of non-ortho nitro benzene ring substituents is 1. The molecule has 3 rings (SSSR count). The van der Waals surface area contributed by atoms with E-state index >= 15 is 0 Å². The molecule has 0 saturated carbocycles. The van der Waals surface area contributed by atoms with E-state index in [4.69, 9.17) is 0 Å². The maximum absolute atomic E-state index is 12.5. The fraction of sp³-hybridized carbons (Fsp3) is 0.100. The molecule has 0 fully saturated rings. The molecule has 0 saturated heterocycles. The number of anilines is 1. The van der Waals surface area contributed by atoms with Crippen molar-refractivity contribution in [3.8, 4) is 0 Å². The lowest BCUT2D eigenvalue weighted by molar-refractivity contribution is -0.384. The van der Waals surface area contributed by atoms with Crippen molar-refractivity contribution in [1.82, 2.24) is 4.68 Å². The minimum atomic E-state index is -0.563. The van der Waals surface area contributed by atoms with Gasteiger partial charge in [0.25, 0.3) is 17.5 Å². The summed E-state index contributed by atoms with van der Waals surface area (Å²) in [7, 11) is 0. The summed E-state index contributed by atoms with van der Waals surface area (Å²) in [5.74, 6) is -0.827. The fourth-order valence-corrected chi connectivity index (χ4v) is 2.71. The molecule has 8 heteroatoms. The monoisotopic (exact) mass is 378 g/mol. The standard InChI is InChI=1S/C20H18N4O4/c1-13-9-10-14(2)23(13)22-20(26)15-5-3-7-17(11-15)21-19(25)16-6-4-8-18(12-16)24(27)28/h3-12H,1-2H3,(H,21,25)(H,22,26). The van der Waals surface area contributed by atoms with E-state index < -0.39 is 10.8 Å². The molecule has 1 heterocycles. The van der Waals surface area contributed by atoms with Gasteiger partial charge in [-0.25, -0.2) is 0 Å². The Kier molecular flexibility index (Phi) is 5.21. The van der Waals surface area contributed by atoms with Crippen molar-refractivity contribution in [2.75, 3.05) is 10.7 Å². The molecule has 28 heavy (non-hydrogen) atoms. The highest BCUT2D eigenvalue weighted by atomic mass is 16.6. The molecular weight excluding hydrogens is 360 g/mol. The highest BCUT2D eigenvalue weighted by Crippen LogP contribution is 2.16. The van der Waals surface area contributed by atoms with Gasteiger partial charge in [0, 0.05) is 40.3 Å². The Morgan fingerprint density at radius 1 is 0.893 bits per heavy atom. The van der Waals surface area contributed by atoms with E-state index in [0.717, 1.165) is 11.4 Å². The molecule has 142 valence electrons. The number of hydrogen-bond acceptors (Lipinski definition) is 4. The van der Waals surface area contributed by atoms with Crippen molar-refractivity contribution in [3.63, 3.8) is 0 Å². The summed E-state index contributed by atoms with van der Waals surface area (Å²) in [5.41, 5.74) is 5.34. The van der Waals surface area contributed by atoms with Gasteiger partial charge >= 0.3 is 0 Å². The summed E-state index contributed by atoms with van der Waals surface area (Å²) in [4.78, 5) is 35.2. The zero-order valence-corrected chi connectivity index (χ0v) is 15.3. The van der Waals surface area contributed by atoms with E-state index in [1.807, 2.05) is 26.0 Å².